The number of halogens is 1. The molecule has 3 aliphatic rings. The van der Waals surface area contributed by atoms with Crippen LogP contribution in [0.1, 0.15) is 33.0 Å². The molecule has 1 aromatic heterocycles. The van der Waals surface area contributed by atoms with Crippen LogP contribution >= 0.6 is 0 Å². The molecular weight excluding hydrogens is 361 g/mol. The first-order valence-electron chi connectivity index (χ1n) is 9.73. The third kappa shape index (κ3) is 3.84. The van der Waals surface area contributed by atoms with Gasteiger partial charge < -0.3 is 15.0 Å². The van der Waals surface area contributed by atoms with Gasteiger partial charge in [0.15, 0.2) is 0 Å². The first-order chi connectivity index (χ1) is 13.2. The summed E-state index contributed by atoms with van der Waals surface area (Å²) in [5.74, 6) is 0.984. The monoisotopic (exact) mass is 389 g/mol. The van der Waals surface area contributed by atoms with Gasteiger partial charge in [0.2, 0.25) is 5.91 Å². The highest BCUT2D eigenvalue weighted by atomic mass is 19.1. The Hall–Kier alpha value is -2.19. The molecule has 0 spiro atoms. The molecular formula is C20H28FN5O2. The van der Waals surface area contributed by atoms with E-state index in [-0.39, 0.29) is 17.3 Å². The van der Waals surface area contributed by atoms with Gasteiger partial charge in [-0.3, -0.25) is 14.6 Å². The molecule has 4 heterocycles. The van der Waals surface area contributed by atoms with Crippen LogP contribution in [0.3, 0.4) is 0 Å². The van der Waals surface area contributed by atoms with E-state index in [2.05, 4.69) is 25.1 Å². The van der Waals surface area contributed by atoms with Gasteiger partial charge in [0.05, 0.1) is 25.7 Å². The zero-order chi connectivity index (χ0) is 20.1. The summed E-state index contributed by atoms with van der Waals surface area (Å²) in [5, 5.41) is 3.04. The number of nitrogens with one attached hydrogen (secondary N) is 2. The van der Waals surface area contributed by atoms with Crippen LogP contribution in [0.5, 0.6) is 5.75 Å². The van der Waals surface area contributed by atoms with Crippen LogP contribution in [0, 0.1) is 5.82 Å². The Labute approximate surface area is 164 Å². The summed E-state index contributed by atoms with van der Waals surface area (Å²) < 4.78 is 18.9. The van der Waals surface area contributed by atoms with E-state index in [0.29, 0.717) is 42.0 Å². The SMILES string of the molecule is COc1cc(F)cc2[nH]c(CN3CC4CC(C3)N4CC(=O)NC(C)(C)C)nc12. The number of carbonyl (C=O) groups is 1. The van der Waals surface area contributed by atoms with Gasteiger partial charge in [0.25, 0.3) is 0 Å². The summed E-state index contributed by atoms with van der Waals surface area (Å²) >= 11 is 0. The molecule has 7 nitrogen and oxygen atoms in total. The number of imidazole rings is 1. The maximum absolute atomic E-state index is 13.7. The molecule has 0 radical (unpaired) electrons. The van der Waals surface area contributed by atoms with Crippen LogP contribution in [0.4, 0.5) is 4.39 Å². The number of amides is 1. The maximum Gasteiger partial charge on any atom is 0.234 e. The van der Waals surface area contributed by atoms with Crippen LogP contribution in [-0.2, 0) is 11.3 Å². The molecule has 2 bridgehead atoms. The number of nitrogens with zero attached hydrogens (tertiary/aromatic N) is 3. The van der Waals surface area contributed by atoms with Crippen molar-refractivity contribution in [3.05, 3.63) is 23.8 Å². The third-order valence-electron chi connectivity index (χ3n) is 5.42. The quantitative estimate of drug-likeness (QED) is 0.817. The molecule has 5 rings (SSSR count). The van der Waals surface area contributed by atoms with Crippen LogP contribution in [0.25, 0.3) is 11.0 Å². The topological polar surface area (TPSA) is 73.5 Å². The maximum atomic E-state index is 13.7. The number of aromatic nitrogens is 2. The van der Waals surface area contributed by atoms with Gasteiger partial charge in [-0.15, -0.1) is 0 Å². The minimum atomic E-state index is -0.344. The second-order valence-corrected chi connectivity index (χ2v) is 8.90. The Kier molecular flexibility index (Phi) is 4.79. The Morgan fingerprint density at radius 3 is 2.71 bits per heavy atom. The zero-order valence-electron chi connectivity index (χ0n) is 16.9. The van der Waals surface area contributed by atoms with Crippen molar-refractivity contribution in [2.75, 3.05) is 26.7 Å². The van der Waals surface area contributed by atoms with E-state index in [1.165, 1.54) is 19.2 Å². The van der Waals surface area contributed by atoms with Crippen molar-refractivity contribution < 1.29 is 13.9 Å². The number of hydrogen-bond donors (Lipinski definition) is 2. The lowest BCUT2D eigenvalue weighted by Crippen LogP contribution is -2.69. The number of methoxy groups -OCH3 is 1. The number of fused-ring (bicyclic) bond motifs is 3. The fourth-order valence-corrected chi connectivity index (χ4v) is 4.33. The molecule has 1 amide bonds. The van der Waals surface area contributed by atoms with Crippen molar-refractivity contribution in [1.82, 2.24) is 25.1 Å². The van der Waals surface area contributed by atoms with Crippen molar-refractivity contribution in [3.63, 3.8) is 0 Å². The largest absolute Gasteiger partial charge is 0.494 e. The van der Waals surface area contributed by atoms with E-state index in [9.17, 15) is 9.18 Å². The highest BCUT2D eigenvalue weighted by Gasteiger charge is 2.45. The van der Waals surface area contributed by atoms with Gasteiger partial charge in [-0.2, -0.15) is 0 Å². The number of benzene rings is 1. The second kappa shape index (κ2) is 7.00. The predicted octanol–water partition coefficient (Wildman–Crippen LogP) is 1.88. The van der Waals surface area contributed by atoms with Crippen LogP contribution in [-0.4, -0.2) is 70.0 Å². The average Bonchev–Trinajstić information content (AvgIpc) is 2.99. The summed E-state index contributed by atoms with van der Waals surface area (Å²) in [6.07, 6.45) is 1.14. The molecule has 8 heteroatoms. The summed E-state index contributed by atoms with van der Waals surface area (Å²) in [5.41, 5.74) is 1.10. The Balaban J connectivity index is 1.37. The van der Waals surface area contributed by atoms with Crippen molar-refractivity contribution >= 4 is 16.9 Å². The average molecular weight is 389 g/mol. The molecule has 152 valence electrons. The normalized spacial score (nSPS) is 22.9. The smallest absolute Gasteiger partial charge is 0.234 e. The Morgan fingerprint density at radius 1 is 1.36 bits per heavy atom. The lowest BCUT2D eigenvalue weighted by Gasteiger charge is -2.56. The lowest BCUT2D eigenvalue weighted by molar-refractivity contribution is -0.132. The molecule has 0 saturated carbocycles. The molecule has 0 aliphatic carbocycles. The van der Waals surface area contributed by atoms with Crippen LogP contribution in [0.15, 0.2) is 12.1 Å². The molecule has 3 aliphatic heterocycles. The fraction of sp³-hybridized carbons (Fsp3) is 0.600. The molecule has 28 heavy (non-hydrogen) atoms. The molecule has 1 aromatic carbocycles. The van der Waals surface area contributed by atoms with Gasteiger partial charge in [0.1, 0.15) is 22.9 Å². The van der Waals surface area contributed by atoms with Crippen molar-refractivity contribution in [2.24, 2.45) is 0 Å². The van der Waals surface area contributed by atoms with Crippen LogP contribution in [0.2, 0.25) is 0 Å². The summed E-state index contributed by atoms with van der Waals surface area (Å²) in [7, 11) is 1.52. The molecule has 2 atom stereocenters. The molecule has 2 aromatic rings. The van der Waals surface area contributed by atoms with Gasteiger partial charge in [-0.05, 0) is 33.3 Å². The van der Waals surface area contributed by atoms with Gasteiger partial charge in [-0.25, -0.2) is 9.37 Å². The van der Waals surface area contributed by atoms with Crippen LogP contribution < -0.4 is 10.1 Å². The van der Waals surface area contributed by atoms with Gasteiger partial charge >= 0.3 is 0 Å². The molecule has 2 N–H and O–H groups in total. The van der Waals surface area contributed by atoms with Crippen molar-refractivity contribution in [3.8, 4) is 5.75 Å². The van der Waals surface area contributed by atoms with E-state index < -0.39 is 0 Å². The third-order valence-corrected chi connectivity index (χ3v) is 5.42. The molecule has 3 fully saturated rings. The minimum absolute atomic E-state index is 0.0852. The van der Waals surface area contributed by atoms with Crippen molar-refractivity contribution in [1.29, 1.82) is 0 Å². The Bertz CT molecular complexity index is 879. The summed E-state index contributed by atoms with van der Waals surface area (Å²) in [4.78, 5) is 24.7. The Morgan fingerprint density at radius 2 is 2.07 bits per heavy atom. The van der Waals surface area contributed by atoms with Gasteiger partial charge in [0, 0.05) is 36.8 Å². The van der Waals surface area contributed by atoms with Crippen molar-refractivity contribution in [2.45, 2.75) is 51.4 Å². The summed E-state index contributed by atoms with van der Waals surface area (Å²) in [6, 6.07) is 3.60. The highest BCUT2D eigenvalue weighted by Crippen LogP contribution is 2.33. The number of aromatic amines is 1. The number of H-pyrrole nitrogens is 1. The number of piperidine rings is 1. The highest BCUT2D eigenvalue weighted by molar-refractivity contribution is 5.82. The second-order valence-electron chi connectivity index (χ2n) is 8.90. The predicted molar refractivity (Wildman–Crippen MR) is 105 cm³/mol. The number of ether oxygens (including phenoxy) is 1. The summed E-state index contributed by atoms with van der Waals surface area (Å²) in [6.45, 7) is 8.94. The fourth-order valence-electron chi connectivity index (χ4n) is 4.33. The van der Waals surface area contributed by atoms with E-state index in [0.717, 1.165) is 25.3 Å². The zero-order valence-corrected chi connectivity index (χ0v) is 16.9. The standard InChI is InChI=1S/C20H28FN5O2/c1-20(2,3)24-18(27)11-26-13-7-14(26)9-25(8-13)10-17-22-15-5-12(21)6-16(28-4)19(15)23-17/h5-6,13-14H,7-11H2,1-4H3,(H,22,23)(H,24,27). The molecule has 2 unspecified atom stereocenters. The van der Waals surface area contributed by atoms with Gasteiger partial charge in [-0.1, -0.05) is 0 Å². The molecule has 3 saturated heterocycles. The van der Waals surface area contributed by atoms with E-state index >= 15 is 0 Å². The van der Waals surface area contributed by atoms with E-state index in [4.69, 9.17) is 4.74 Å². The first-order valence-corrected chi connectivity index (χ1v) is 9.73. The first kappa shape index (κ1) is 19.1. The number of hydrogen-bond acceptors (Lipinski definition) is 5. The van der Waals surface area contributed by atoms with E-state index in [1.807, 2.05) is 20.8 Å². The van der Waals surface area contributed by atoms with E-state index in [1.54, 1.807) is 0 Å². The lowest BCUT2D eigenvalue weighted by atomic mass is 9.87. The number of piperazine rings is 1. The minimum Gasteiger partial charge on any atom is -0.494 e. The number of rotatable bonds is 5. The number of carbonyl (C=O) groups excluding carboxylic acids is 1.